The van der Waals surface area contributed by atoms with Gasteiger partial charge in [-0.25, -0.2) is 13.4 Å². The van der Waals surface area contributed by atoms with Crippen LogP contribution in [0.15, 0.2) is 18.3 Å². The fourth-order valence-corrected chi connectivity index (χ4v) is 3.17. The van der Waals surface area contributed by atoms with Crippen molar-refractivity contribution in [2.45, 2.75) is 12.5 Å². The average Bonchev–Trinajstić information content (AvgIpc) is 2.59. The van der Waals surface area contributed by atoms with Gasteiger partial charge in [0.15, 0.2) is 16.1 Å². The zero-order valence-electron chi connectivity index (χ0n) is 8.50. The van der Waals surface area contributed by atoms with Gasteiger partial charge in [0.2, 0.25) is 0 Å². The highest BCUT2D eigenvalue weighted by Gasteiger charge is 2.29. The number of carbonyl (C=O) groups excluding carboxylic acids is 1. The molecule has 2 rings (SSSR count). The summed E-state index contributed by atoms with van der Waals surface area (Å²) in [4.78, 5) is 14.2. The lowest BCUT2D eigenvalue weighted by Gasteiger charge is -2.10. The van der Waals surface area contributed by atoms with Crippen molar-refractivity contribution in [3.8, 4) is 5.75 Å². The van der Waals surface area contributed by atoms with Crippen LogP contribution in [0.4, 0.5) is 0 Å². The van der Waals surface area contributed by atoms with Crippen LogP contribution >= 0.6 is 0 Å². The van der Waals surface area contributed by atoms with E-state index in [1.165, 1.54) is 12.3 Å². The summed E-state index contributed by atoms with van der Waals surface area (Å²) in [7, 11) is -2.93. The first-order chi connectivity index (χ1) is 7.59. The summed E-state index contributed by atoms with van der Waals surface area (Å²) in [6.45, 7) is 0. The lowest BCUT2D eigenvalue weighted by molar-refractivity contribution is 0.111. The number of carbonyl (C=O) groups is 1. The third-order valence-electron chi connectivity index (χ3n) is 2.37. The van der Waals surface area contributed by atoms with Crippen LogP contribution in [0.5, 0.6) is 5.75 Å². The van der Waals surface area contributed by atoms with Crippen molar-refractivity contribution < 1.29 is 17.9 Å². The van der Waals surface area contributed by atoms with E-state index in [2.05, 4.69) is 4.98 Å². The maximum absolute atomic E-state index is 11.2. The molecular weight excluding hydrogens is 230 g/mol. The van der Waals surface area contributed by atoms with E-state index < -0.39 is 9.84 Å². The van der Waals surface area contributed by atoms with Crippen molar-refractivity contribution >= 4 is 16.1 Å². The molecule has 1 aliphatic heterocycles. The highest BCUT2D eigenvalue weighted by atomic mass is 32.2. The van der Waals surface area contributed by atoms with Gasteiger partial charge in [0.25, 0.3) is 0 Å². The molecule has 86 valence electrons. The lowest BCUT2D eigenvalue weighted by atomic mass is 10.3. The molecule has 1 atom stereocenters. The summed E-state index contributed by atoms with van der Waals surface area (Å²) < 4.78 is 27.8. The van der Waals surface area contributed by atoms with Crippen molar-refractivity contribution in [3.05, 3.63) is 24.0 Å². The van der Waals surface area contributed by atoms with Crippen LogP contribution < -0.4 is 4.74 Å². The van der Waals surface area contributed by atoms with Gasteiger partial charge in [-0.2, -0.15) is 0 Å². The van der Waals surface area contributed by atoms with Gasteiger partial charge in [-0.3, -0.25) is 4.79 Å². The van der Waals surface area contributed by atoms with E-state index in [1.807, 2.05) is 0 Å². The van der Waals surface area contributed by atoms with Gasteiger partial charge in [-0.05, 0) is 18.6 Å². The van der Waals surface area contributed by atoms with E-state index in [0.717, 1.165) is 0 Å². The number of sulfone groups is 1. The van der Waals surface area contributed by atoms with Gasteiger partial charge in [0, 0.05) is 0 Å². The molecule has 16 heavy (non-hydrogen) atoms. The minimum Gasteiger partial charge on any atom is -0.488 e. The van der Waals surface area contributed by atoms with Crippen LogP contribution in [0.1, 0.15) is 16.9 Å². The molecule has 1 aromatic rings. The molecule has 1 saturated heterocycles. The van der Waals surface area contributed by atoms with E-state index in [1.54, 1.807) is 6.07 Å². The Hall–Kier alpha value is -1.43. The number of aromatic nitrogens is 1. The molecule has 1 unspecified atom stereocenters. The standard InChI is InChI=1S/C10H11NO4S/c12-6-8-1-2-9(5-11-8)15-10-3-4-16(13,14)7-10/h1-2,5-6,10H,3-4,7H2. The normalized spacial score (nSPS) is 22.9. The largest absolute Gasteiger partial charge is 0.488 e. The number of hydrogen-bond acceptors (Lipinski definition) is 5. The number of rotatable bonds is 3. The van der Waals surface area contributed by atoms with Gasteiger partial charge in [0.1, 0.15) is 17.5 Å². The molecule has 5 nitrogen and oxygen atoms in total. The Bertz CT molecular complexity index is 480. The average molecular weight is 241 g/mol. The molecule has 0 bridgehead atoms. The molecule has 0 amide bonds. The summed E-state index contributed by atoms with van der Waals surface area (Å²) in [6, 6.07) is 3.15. The number of aldehydes is 1. The Morgan fingerprint density at radius 2 is 2.25 bits per heavy atom. The van der Waals surface area contributed by atoms with Gasteiger partial charge in [0.05, 0.1) is 17.7 Å². The Labute approximate surface area is 93.4 Å². The molecule has 0 saturated carbocycles. The van der Waals surface area contributed by atoms with Gasteiger partial charge in [-0.15, -0.1) is 0 Å². The molecule has 0 radical (unpaired) electrons. The summed E-state index contributed by atoms with van der Waals surface area (Å²) in [5.41, 5.74) is 0.325. The number of pyridine rings is 1. The smallest absolute Gasteiger partial charge is 0.168 e. The molecule has 1 fully saturated rings. The van der Waals surface area contributed by atoms with Gasteiger partial charge < -0.3 is 4.74 Å². The quantitative estimate of drug-likeness (QED) is 0.719. The SMILES string of the molecule is O=Cc1ccc(OC2CCS(=O)(=O)C2)cn1. The first-order valence-corrected chi connectivity index (χ1v) is 6.69. The maximum Gasteiger partial charge on any atom is 0.168 e. The third kappa shape index (κ3) is 2.57. The van der Waals surface area contributed by atoms with Crippen LogP contribution in [0.25, 0.3) is 0 Å². The second-order valence-electron chi connectivity index (χ2n) is 3.68. The zero-order chi connectivity index (χ0) is 11.6. The van der Waals surface area contributed by atoms with E-state index in [0.29, 0.717) is 24.2 Å². The number of hydrogen-bond donors (Lipinski definition) is 0. The number of nitrogens with zero attached hydrogens (tertiary/aromatic N) is 1. The van der Waals surface area contributed by atoms with Gasteiger partial charge in [-0.1, -0.05) is 0 Å². The van der Waals surface area contributed by atoms with Crippen molar-refractivity contribution in [2.24, 2.45) is 0 Å². The van der Waals surface area contributed by atoms with Crippen molar-refractivity contribution in [1.29, 1.82) is 0 Å². The Morgan fingerprint density at radius 1 is 1.44 bits per heavy atom. The molecular formula is C10H11NO4S. The van der Waals surface area contributed by atoms with Crippen molar-refractivity contribution in [3.63, 3.8) is 0 Å². The minimum atomic E-state index is -2.93. The number of ether oxygens (including phenoxy) is 1. The first-order valence-electron chi connectivity index (χ1n) is 4.87. The fraction of sp³-hybridized carbons (Fsp3) is 0.400. The van der Waals surface area contributed by atoms with Crippen molar-refractivity contribution in [2.75, 3.05) is 11.5 Å². The molecule has 1 aromatic heterocycles. The van der Waals surface area contributed by atoms with E-state index in [-0.39, 0.29) is 17.6 Å². The molecule has 0 aliphatic carbocycles. The predicted octanol–water partition coefficient (Wildman–Crippen LogP) is 0.460. The van der Waals surface area contributed by atoms with E-state index in [9.17, 15) is 13.2 Å². The van der Waals surface area contributed by atoms with Crippen LogP contribution in [-0.4, -0.2) is 37.3 Å². The predicted molar refractivity (Wildman–Crippen MR) is 57.3 cm³/mol. The molecule has 1 aliphatic rings. The van der Waals surface area contributed by atoms with Crippen LogP contribution in [0, 0.1) is 0 Å². The zero-order valence-corrected chi connectivity index (χ0v) is 9.31. The summed E-state index contributed by atoms with van der Waals surface area (Å²) in [6.07, 6.45) is 2.28. The summed E-state index contributed by atoms with van der Waals surface area (Å²) in [5.74, 6) is 0.729. The third-order valence-corrected chi connectivity index (χ3v) is 4.11. The highest BCUT2D eigenvalue weighted by Crippen LogP contribution is 2.18. The van der Waals surface area contributed by atoms with Gasteiger partial charge >= 0.3 is 0 Å². The summed E-state index contributed by atoms with van der Waals surface area (Å²) in [5, 5.41) is 0. The van der Waals surface area contributed by atoms with E-state index >= 15 is 0 Å². The Balaban J connectivity index is 2.02. The lowest BCUT2D eigenvalue weighted by Crippen LogP contribution is -2.17. The molecule has 6 heteroatoms. The molecule has 0 spiro atoms. The molecule has 2 heterocycles. The summed E-state index contributed by atoms with van der Waals surface area (Å²) >= 11 is 0. The fourth-order valence-electron chi connectivity index (χ4n) is 1.58. The van der Waals surface area contributed by atoms with Crippen LogP contribution in [0.2, 0.25) is 0 Å². The highest BCUT2D eigenvalue weighted by molar-refractivity contribution is 7.91. The van der Waals surface area contributed by atoms with Crippen LogP contribution in [-0.2, 0) is 9.84 Å². The second kappa shape index (κ2) is 4.21. The Kier molecular flexibility index (Phi) is 2.91. The Morgan fingerprint density at radius 3 is 2.75 bits per heavy atom. The minimum absolute atomic E-state index is 0.0580. The topological polar surface area (TPSA) is 73.3 Å². The maximum atomic E-state index is 11.2. The first kappa shape index (κ1) is 11.1. The van der Waals surface area contributed by atoms with Crippen LogP contribution in [0.3, 0.4) is 0 Å². The van der Waals surface area contributed by atoms with Crippen molar-refractivity contribution in [1.82, 2.24) is 4.98 Å². The molecule has 0 N–H and O–H groups in total. The van der Waals surface area contributed by atoms with E-state index in [4.69, 9.17) is 4.74 Å². The second-order valence-corrected chi connectivity index (χ2v) is 5.91. The molecule has 0 aromatic carbocycles. The monoisotopic (exact) mass is 241 g/mol.